The first-order valence-electron chi connectivity index (χ1n) is 16.7. The molecule has 1 atom stereocenters. The maximum Gasteiger partial charge on any atom is 0.323 e. The molecule has 2 amide bonds. The van der Waals surface area contributed by atoms with Crippen LogP contribution < -0.4 is 30.1 Å². The Bertz CT molecular complexity index is 2290. The second kappa shape index (κ2) is 15.4. The van der Waals surface area contributed by atoms with Gasteiger partial charge in [0.15, 0.2) is 5.75 Å². The minimum atomic E-state index is -3.63. The number of aryl methyl sites for hydroxylation is 1. The van der Waals surface area contributed by atoms with Crippen LogP contribution in [0.2, 0.25) is 0 Å². The maximum absolute atomic E-state index is 13.5. The molecule has 4 aromatic carbocycles. The van der Waals surface area contributed by atoms with Crippen molar-refractivity contribution in [2.45, 2.75) is 46.5 Å². The van der Waals surface area contributed by atoms with E-state index in [2.05, 4.69) is 20.3 Å². The summed E-state index contributed by atoms with van der Waals surface area (Å²) in [6.45, 7) is 11.8. The van der Waals surface area contributed by atoms with E-state index in [9.17, 15) is 17.8 Å². The van der Waals surface area contributed by atoms with E-state index in [0.29, 0.717) is 35.9 Å². The topological polar surface area (TPSA) is 145 Å². The second-order valence-electron chi connectivity index (χ2n) is 13.6. The van der Waals surface area contributed by atoms with Crippen molar-refractivity contribution >= 4 is 56.6 Å². The zero-order chi connectivity index (χ0) is 37.8. The Labute approximate surface area is 305 Å². The SMILES string of the molecule is CCOP(C)(=O)c1ccc(Cc2cc(Oc3ccc(NC(=O)Nc4cc(C(C)(C)C)cc(NS(C)(=O)=O)c4OC)c4ccccc34)ccn2)cc1C. The fourth-order valence-electron chi connectivity index (χ4n) is 5.95. The standard InChI is InChI=1S/C39H45N4O7PS/c1-9-49-51(7,45)36-17-14-26(20-25(36)2)21-28-24-29(18-19-40-28)50-35-16-15-32(30-12-10-11-13-31(30)35)41-38(44)42-33-22-27(39(3,4)5)23-34(37(33)48-6)43-52(8,46)47/h10-20,22-24,43H,9,21H2,1-8H3,(H2,41,42,44). The van der Waals surface area contributed by atoms with Gasteiger partial charge >= 0.3 is 6.03 Å². The van der Waals surface area contributed by atoms with Crippen LogP contribution in [0.1, 0.15) is 50.1 Å². The van der Waals surface area contributed by atoms with Gasteiger partial charge in [-0.2, -0.15) is 0 Å². The molecule has 11 nitrogen and oxygen atoms in total. The normalized spacial score (nSPS) is 12.9. The molecular weight excluding hydrogens is 699 g/mol. The van der Waals surface area contributed by atoms with Crippen LogP contribution in [0.5, 0.6) is 17.2 Å². The van der Waals surface area contributed by atoms with Crippen molar-refractivity contribution in [1.29, 1.82) is 0 Å². The summed E-state index contributed by atoms with van der Waals surface area (Å²) in [5.41, 5.74) is 4.22. The summed E-state index contributed by atoms with van der Waals surface area (Å²) < 4.78 is 57.2. The van der Waals surface area contributed by atoms with E-state index in [4.69, 9.17) is 14.0 Å². The number of sulfonamides is 1. The molecule has 1 unspecified atom stereocenters. The molecule has 13 heteroatoms. The minimum absolute atomic E-state index is 0.180. The van der Waals surface area contributed by atoms with Crippen LogP contribution in [0.4, 0.5) is 21.9 Å². The summed E-state index contributed by atoms with van der Waals surface area (Å²) in [5, 5.41) is 8.01. The number of rotatable bonds is 12. The van der Waals surface area contributed by atoms with Gasteiger partial charge in [-0.25, -0.2) is 13.2 Å². The Morgan fingerprint density at radius 2 is 1.60 bits per heavy atom. The van der Waals surface area contributed by atoms with E-state index >= 15 is 0 Å². The number of aromatic nitrogens is 1. The molecule has 5 rings (SSSR count). The van der Waals surface area contributed by atoms with Crippen molar-refractivity contribution in [3.8, 4) is 17.2 Å². The second-order valence-corrected chi connectivity index (χ2v) is 17.8. The van der Waals surface area contributed by atoms with Gasteiger partial charge in [-0.1, -0.05) is 57.2 Å². The number of benzene rings is 4. The molecule has 0 aliphatic rings. The number of carbonyl (C=O) groups excluding carboxylic acids is 1. The highest BCUT2D eigenvalue weighted by atomic mass is 32.2. The number of nitrogens with one attached hydrogen (secondary N) is 3. The predicted molar refractivity (Wildman–Crippen MR) is 210 cm³/mol. The number of urea groups is 1. The molecule has 0 aliphatic carbocycles. The van der Waals surface area contributed by atoms with Crippen molar-refractivity contribution < 1.29 is 31.8 Å². The smallest absolute Gasteiger partial charge is 0.323 e. The zero-order valence-corrected chi connectivity index (χ0v) is 32.4. The number of ether oxygens (including phenoxy) is 2. The van der Waals surface area contributed by atoms with Crippen molar-refractivity contribution in [2.75, 3.05) is 42.0 Å². The number of amides is 2. The molecule has 1 aromatic heterocycles. The molecular formula is C39H45N4O7PS. The van der Waals surface area contributed by atoms with E-state index in [0.717, 1.165) is 44.7 Å². The van der Waals surface area contributed by atoms with Crippen LogP contribution in [0.25, 0.3) is 10.8 Å². The van der Waals surface area contributed by atoms with E-state index in [1.807, 2.05) is 83.1 Å². The summed E-state index contributed by atoms with van der Waals surface area (Å²) in [6, 6.07) is 23.5. The lowest BCUT2D eigenvalue weighted by atomic mass is 9.86. The van der Waals surface area contributed by atoms with Gasteiger partial charge in [0.1, 0.15) is 11.5 Å². The number of hydrogen-bond donors (Lipinski definition) is 3. The third-order valence-electron chi connectivity index (χ3n) is 8.31. The Kier molecular flexibility index (Phi) is 11.3. The number of anilines is 3. The van der Waals surface area contributed by atoms with Gasteiger partial charge in [-0.3, -0.25) is 14.3 Å². The molecule has 5 aromatic rings. The molecule has 0 spiro atoms. The van der Waals surface area contributed by atoms with E-state index < -0.39 is 23.4 Å². The van der Waals surface area contributed by atoms with Crippen LogP contribution in [0.15, 0.2) is 85.1 Å². The quantitative estimate of drug-likeness (QED) is 0.108. The van der Waals surface area contributed by atoms with Gasteiger partial charge < -0.3 is 24.6 Å². The van der Waals surface area contributed by atoms with Gasteiger partial charge in [-0.05, 0) is 72.4 Å². The summed E-state index contributed by atoms with van der Waals surface area (Å²) in [6.07, 6.45) is 3.30. The number of pyridine rings is 1. The molecule has 52 heavy (non-hydrogen) atoms. The van der Waals surface area contributed by atoms with Crippen molar-refractivity contribution in [3.05, 3.63) is 107 Å². The number of hydrogen-bond acceptors (Lipinski definition) is 8. The summed E-state index contributed by atoms with van der Waals surface area (Å²) in [5.74, 6) is 1.37. The van der Waals surface area contributed by atoms with Crippen LogP contribution in [0.3, 0.4) is 0 Å². The van der Waals surface area contributed by atoms with Crippen molar-refractivity contribution in [2.24, 2.45) is 0 Å². The molecule has 0 fully saturated rings. The Morgan fingerprint density at radius 1 is 0.904 bits per heavy atom. The summed E-state index contributed by atoms with van der Waals surface area (Å²) in [4.78, 5) is 18.0. The molecule has 3 N–H and O–H groups in total. The average Bonchev–Trinajstić information content (AvgIpc) is 3.05. The average molecular weight is 745 g/mol. The molecule has 0 saturated heterocycles. The molecule has 1 heterocycles. The van der Waals surface area contributed by atoms with Crippen LogP contribution in [0, 0.1) is 6.92 Å². The highest BCUT2D eigenvalue weighted by Crippen LogP contribution is 2.43. The Balaban J connectivity index is 1.37. The lowest BCUT2D eigenvalue weighted by molar-refractivity contribution is 0.262. The monoisotopic (exact) mass is 744 g/mol. The van der Waals surface area contributed by atoms with Crippen LogP contribution in [-0.2, 0) is 30.9 Å². The number of fused-ring (bicyclic) bond motifs is 1. The predicted octanol–water partition coefficient (Wildman–Crippen LogP) is 8.82. The minimum Gasteiger partial charge on any atom is -0.492 e. The molecule has 0 bridgehead atoms. The molecule has 0 saturated carbocycles. The summed E-state index contributed by atoms with van der Waals surface area (Å²) >= 11 is 0. The third-order valence-corrected chi connectivity index (χ3v) is 11.0. The maximum atomic E-state index is 13.5. The lowest BCUT2D eigenvalue weighted by Crippen LogP contribution is -2.22. The van der Waals surface area contributed by atoms with Crippen LogP contribution >= 0.6 is 7.37 Å². The lowest BCUT2D eigenvalue weighted by Gasteiger charge is -2.24. The van der Waals surface area contributed by atoms with Gasteiger partial charge in [-0.15, -0.1) is 0 Å². The van der Waals surface area contributed by atoms with Crippen molar-refractivity contribution in [1.82, 2.24) is 4.98 Å². The van der Waals surface area contributed by atoms with Crippen LogP contribution in [-0.4, -0.2) is 46.1 Å². The van der Waals surface area contributed by atoms with E-state index in [-0.39, 0.29) is 16.9 Å². The first-order chi connectivity index (χ1) is 24.5. The van der Waals surface area contributed by atoms with Gasteiger partial charge in [0.05, 0.1) is 37.0 Å². The van der Waals surface area contributed by atoms with Crippen molar-refractivity contribution in [3.63, 3.8) is 0 Å². The van der Waals surface area contributed by atoms with Gasteiger partial charge in [0.2, 0.25) is 17.4 Å². The number of nitrogens with zero attached hydrogens (tertiary/aromatic N) is 1. The van der Waals surface area contributed by atoms with Gasteiger partial charge in [0.25, 0.3) is 0 Å². The summed E-state index contributed by atoms with van der Waals surface area (Å²) in [7, 11) is -5.11. The third kappa shape index (κ3) is 9.30. The number of methoxy groups -OCH3 is 1. The molecule has 0 aliphatic heterocycles. The Morgan fingerprint density at radius 3 is 2.25 bits per heavy atom. The first-order valence-corrected chi connectivity index (χ1v) is 20.7. The Hall–Kier alpha value is -4.90. The van der Waals surface area contributed by atoms with E-state index in [1.54, 1.807) is 43.2 Å². The fraction of sp³-hybridized carbons (Fsp3) is 0.282. The zero-order valence-electron chi connectivity index (χ0n) is 30.7. The fourth-order valence-corrected chi connectivity index (χ4v) is 8.18. The highest BCUT2D eigenvalue weighted by molar-refractivity contribution is 7.92. The van der Waals surface area contributed by atoms with E-state index in [1.165, 1.54) is 7.11 Å². The van der Waals surface area contributed by atoms with Gasteiger partial charge in [0, 0.05) is 47.1 Å². The molecule has 274 valence electrons. The largest absolute Gasteiger partial charge is 0.492 e. The number of carbonyl (C=O) groups is 1. The first kappa shape index (κ1) is 38.3. The highest BCUT2D eigenvalue weighted by Gasteiger charge is 2.23. The molecule has 0 radical (unpaired) electrons.